The summed E-state index contributed by atoms with van der Waals surface area (Å²) in [4.78, 5) is 11.7. The molecule has 2 fully saturated rings. The molecular formula is C20H36O2S. The molecule has 0 radical (unpaired) electrons. The van der Waals surface area contributed by atoms with Gasteiger partial charge in [-0.3, -0.25) is 4.79 Å². The zero-order valence-corrected chi connectivity index (χ0v) is 16.5. The zero-order chi connectivity index (χ0) is 17.5. The summed E-state index contributed by atoms with van der Waals surface area (Å²) in [6.45, 7) is 8.89. The lowest BCUT2D eigenvalue weighted by atomic mass is 9.77. The minimum atomic E-state index is 0.377. The molecular weight excluding hydrogens is 304 g/mol. The maximum absolute atomic E-state index is 11.7. The molecule has 3 aliphatic rings. The molecule has 134 valence electrons. The third kappa shape index (κ3) is 5.09. The Bertz CT molecular complexity index is 404. The van der Waals surface area contributed by atoms with Crippen LogP contribution >= 0.6 is 11.8 Å². The van der Waals surface area contributed by atoms with Crippen molar-refractivity contribution in [1.82, 2.24) is 0 Å². The Hall–Kier alpha value is -0.280. The van der Waals surface area contributed by atoms with Crippen LogP contribution in [0.3, 0.4) is 0 Å². The Kier molecular flexibility index (Phi) is 8.92. The molecule has 2 aliphatic carbocycles. The number of hydrogen-bond donors (Lipinski definition) is 1. The first kappa shape index (κ1) is 20.8. The second kappa shape index (κ2) is 9.88. The minimum absolute atomic E-state index is 0.377. The van der Waals surface area contributed by atoms with E-state index >= 15 is 0 Å². The predicted molar refractivity (Wildman–Crippen MR) is 102 cm³/mol. The van der Waals surface area contributed by atoms with Crippen molar-refractivity contribution in [3.8, 4) is 0 Å². The first-order valence-electron chi connectivity index (χ1n) is 9.38. The fourth-order valence-corrected chi connectivity index (χ4v) is 6.00. The van der Waals surface area contributed by atoms with E-state index in [4.69, 9.17) is 5.11 Å². The van der Waals surface area contributed by atoms with Crippen LogP contribution in [-0.2, 0) is 4.79 Å². The Morgan fingerprint density at radius 1 is 1.22 bits per heavy atom. The quantitative estimate of drug-likeness (QED) is 0.654. The monoisotopic (exact) mass is 340 g/mol. The average Bonchev–Trinajstić information content (AvgIpc) is 3.12. The van der Waals surface area contributed by atoms with E-state index in [0.29, 0.717) is 23.0 Å². The molecule has 1 saturated heterocycles. The molecule has 3 rings (SSSR count). The normalized spacial score (nSPS) is 36.5. The van der Waals surface area contributed by atoms with Crippen molar-refractivity contribution in [3.63, 3.8) is 0 Å². The number of rotatable bonds is 0. The smallest absolute Gasteiger partial charge is 0.156 e. The molecule has 1 heterocycles. The van der Waals surface area contributed by atoms with E-state index in [1.165, 1.54) is 43.4 Å². The molecule has 1 saturated carbocycles. The van der Waals surface area contributed by atoms with Gasteiger partial charge in [0.15, 0.2) is 5.78 Å². The minimum Gasteiger partial charge on any atom is -0.400 e. The van der Waals surface area contributed by atoms with Gasteiger partial charge in [-0.15, -0.1) is 0 Å². The lowest BCUT2D eigenvalue weighted by molar-refractivity contribution is -0.114. The van der Waals surface area contributed by atoms with Crippen molar-refractivity contribution in [2.75, 3.05) is 12.9 Å². The summed E-state index contributed by atoms with van der Waals surface area (Å²) in [6.07, 6.45) is 10.8. The van der Waals surface area contributed by atoms with Gasteiger partial charge in [0, 0.05) is 18.8 Å². The molecule has 1 N–H and O–H groups in total. The molecule has 4 unspecified atom stereocenters. The third-order valence-corrected chi connectivity index (χ3v) is 7.45. The summed E-state index contributed by atoms with van der Waals surface area (Å²) < 4.78 is 0. The number of aliphatic hydroxyl groups excluding tert-OH is 1. The number of hydrogen-bond acceptors (Lipinski definition) is 3. The van der Waals surface area contributed by atoms with E-state index in [1.54, 1.807) is 0 Å². The van der Waals surface area contributed by atoms with Crippen LogP contribution in [0.15, 0.2) is 11.6 Å². The zero-order valence-electron chi connectivity index (χ0n) is 15.7. The Balaban J connectivity index is 0.000000615. The van der Waals surface area contributed by atoms with Crippen LogP contribution in [0.1, 0.15) is 72.6 Å². The fourth-order valence-electron chi connectivity index (χ4n) is 4.39. The molecule has 1 aliphatic heterocycles. The Morgan fingerprint density at radius 3 is 2.61 bits per heavy atom. The largest absolute Gasteiger partial charge is 0.400 e. The second-order valence-electron chi connectivity index (χ2n) is 7.17. The standard InChI is InChI=1S/C17H26OS.C2H6.CH4O/c1-12-5-8-17(2)7-3-4-16(17)19-9-6-13-10-14(18)11-15(12)13;2*1-2/h10,12,15-16H,3-9,11H2,1-2H3;1-2H3;2H,1H3. The number of carbonyl (C=O) groups is 1. The van der Waals surface area contributed by atoms with Gasteiger partial charge >= 0.3 is 0 Å². The van der Waals surface area contributed by atoms with E-state index in [1.807, 2.05) is 19.9 Å². The topological polar surface area (TPSA) is 37.3 Å². The van der Waals surface area contributed by atoms with Crippen molar-refractivity contribution in [3.05, 3.63) is 11.6 Å². The van der Waals surface area contributed by atoms with E-state index in [-0.39, 0.29) is 0 Å². The van der Waals surface area contributed by atoms with Crippen molar-refractivity contribution in [1.29, 1.82) is 0 Å². The maximum Gasteiger partial charge on any atom is 0.156 e. The van der Waals surface area contributed by atoms with Crippen LogP contribution in [-0.4, -0.2) is 29.0 Å². The molecule has 0 aromatic heterocycles. The van der Waals surface area contributed by atoms with Crippen molar-refractivity contribution >= 4 is 17.5 Å². The van der Waals surface area contributed by atoms with Crippen LogP contribution in [0.4, 0.5) is 0 Å². The molecule has 2 nitrogen and oxygen atoms in total. The summed E-state index contributed by atoms with van der Waals surface area (Å²) in [5, 5.41) is 7.87. The molecule has 23 heavy (non-hydrogen) atoms. The second-order valence-corrected chi connectivity index (χ2v) is 8.48. The molecule has 0 aromatic carbocycles. The van der Waals surface area contributed by atoms with Crippen molar-refractivity contribution in [2.45, 2.75) is 77.9 Å². The number of fused-ring (bicyclic) bond motifs is 2. The number of ketones is 1. The predicted octanol–water partition coefficient (Wildman–Crippen LogP) is 5.25. The van der Waals surface area contributed by atoms with Gasteiger partial charge in [-0.25, -0.2) is 0 Å². The van der Waals surface area contributed by atoms with Crippen molar-refractivity contribution in [2.24, 2.45) is 17.3 Å². The summed E-state index contributed by atoms with van der Waals surface area (Å²) >= 11 is 2.19. The van der Waals surface area contributed by atoms with Gasteiger partial charge in [0.25, 0.3) is 0 Å². The van der Waals surface area contributed by atoms with E-state index in [2.05, 4.69) is 25.6 Å². The van der Waals surface area contributed by atoms with Gasteiger partial charge in [0.05, 0.1) is 0 Å². The number of aliphatic hydroxyl groups is 1. The molecule has 4 atom stereocenters. The van der Waals surface area contributed by atoms with Crippen LogP contribution in [0.5, 0.6) is 0 Å². The van der Waals surface area contributed by atoms with Gasteiger partial charge < -0.3 is 5.11 Å². The summed E-state index contributed by atoms with van der Waals surface area (Å²) in [5.74, 6) is 2.86. The van der Waals surface area contributed by atoms with E-state index in [0.717, 1.165) is 25.2 Å². The van der Waals surface area contributed by atoms with E-state index in [9.17, 15) is 4.79 Å². The first-order valence-corrected chi connectivity index (χ1v) is 10.4. The van der Waals surface area contributed by atoms with Gasteiger partial charge in [-0.1, -0.05) is 39.7 Å². The summed E-state index contributed by atoms with van der Waals surface area (Å²) in [6, 6.07) is 0. The van der Waals surface area contributed by atoms with Crippen LogP contribution in [0.2, 0.25) is 0 Å². The Morgan fingerprint density at radius 2 is 1.91 bits per heavy atom. The number of carbonyl (C=O) groups excluding carboxylic acids is 1. The molecule has 0 bridgehead atoms. The average molecular weight is 341 g/mol. The molecule has 3 heteroatoms. The van der Waals surface area contributed by atoms with Crippen LogP contribution in [0.25, 0.3) is 0 Å². The van der Waals surface area contributed by atoms with Crippen molar-refractivity contribution < 1.29 is 9.90 Å². The molecule has 0 amide bonds. The van der Waals surface area contributed by atoms with Crippen LogP contribution in [0, 0.1) is 17.3 Å². The SMILES string of the molecule is CC.CC1CCC2(C)CCCC2SCCC2=CC(=O)CC21.CO. The summed E-state index contributed by atoms with van der Waals surface area (Å²) in [7, 11) is 1.00. The maximum atomic E-state index is 11.7. The highest BCUT2D eigenvalue weighted by Gasteiger charge is 2.40. The highest BCUT2D eigenvalue weighted by Crippen LogP contribution is 2.50. The molecule has 0 aromatic rings. The highest BCUT2D eigenvalue weighted by molar-refractivity contribution is 7.99. The first-order chi connectivity index (χ1) is 11.1. The third-order valence-electron chi connectivity index (χ3n) is 5.80. The number of thioether (sulfide) groups is 1. The lowest BCUT2D eigenvalue weighted by Crippen LogP contribution is -2.27. The van der Waals surface area contributed by atoms with Crippen LogP contribution < -0.4 is 0 Å². The van der Waals surface area contributed by atoms with Gasteiger partial charge in [-0.05, 0) is 61.2 Å². The number of allylic oxidation sites excluding steroid dienone is 2. The molecule has 0 spiro atoms. The van der Waals surface area contributed by atoms with Gasteiger partial charge in [0.2, 0.25) is 0 Å². The summed E-state index contributed by atoms with van der Waals surface area (Å²) in [5.41, 5.74) is 2.04. The lowest BCUT2D eigenvalue weighted by Gasteiger charge is -2.35. The Labute approximate surface area is 147 Å². The van der Waals surface area contributed by atoms with Gasteiger partial charge in [0.1, 0.15) is 0 Å². The van der Waals surface area contributed by atoms with Gasteiger partial charge in [-0.2, -0.15) is 11.8 Å². The highest BCUT2D eigenvalue weighted by atomic mass is 32.2. The fraction of sp³-hybridized carbons (Fsp3) is 0.850. The van der Waals surface area contributed by atoms with E-state index < -0.39 is 0 Å².